The van der Waals surface area contributed by atoms with Crippen LogP contribution in [0.2, 0.25) is 5.02 Å². The molecular weight excluding hydrogens is 376 g/mol. The molecule has 0 unspecified atom stereocenters. The van der Waals surface area contributed by atoms with Crippen LogP contribution in [-0.4, -0.2) is 37.7 Å². The first kappa shape index (κ1) is 18.6. The molecule has 0 atom stereocenters. The minimum absolute atomic E-state index is 0.0445. The summed E-state index contributed by atoms with van der Waals surface area (Å²) in [5, 5.41) is 10.2. The van der Waals surface area contributed by atoms with Crippen molar-refractivity contribution in [2.45, 2.75) is 18.2 Å². The highest BCUT2D eigenvalue weighted by Crippen LogP contribution is 2.22. The van der Waals surface area contributed by atoms with Crippen LogP contribution in [0.1, 0.15) is 12.5 Å². The minimum Gasteiger partial charge on any atom is -0.492 e. The lowest BCUT2D eigenvalue weighted by Gasteiger charge is -2.08. The normalized spacial score (nSPS) is 11.3. The topological polar surface area (TPSA) is 110 Å². The van der Waals surface area contributed by atoms with E-state index in [-0.39, 0.29) is 28.5 Å². The van der Waals surface area contributed by atoms with Crippen molar-refractivity contribution in [3.63, 3.8) is 0 Å². The fourth-order valence-corrected chi connectivity index (χ4v) is 3.76. The van der Waals surface area contributed by atoms with Gasteiger partial charge in [-0.15, -0.1) is 10.2 Å². The quantitative estimate of drug-likeness (QED) is 0.551. The van der Waals surface area contributed by atoms with E-state index in [1.165, 1.54) is 6.92 Å². The molecule has 0 fully saturated rings. The van der Waals surface area contributed by atoms with E-state index in [2.05, 4.69) is 20.2 Å². The number of benzene rings is 1. The van der Waals surface area contributed by atoms with Gasteiger partial charge in [-0.2, -0.15) is 0 Å². The van der Waals surface area contributed by atoms with Crippen LogP contribution in [0.25, 0.3) is 0 Å². The first-order valence-electron chi connectivity index (χ1n) is 6.77. The summed E-state index contributed by atoms with van der Waals surface area (Å²) in [6, 6.07) is 5.22. The zero-order valence-corrected chi connectivity index (χ0v) is 15.3. The van der Waals surface area contributed by atoms with Crippen molar-refractivity contribution in [3.8, 4) is 5.75 Å². The number of nitrogens with zero attached hydrogens (tertiary/aromatic N) is 2. The van der Waals surface area contributed by atoms with Gasteiger partial charge in [0.05, 0.1) is 0 Å². The lowest BCUT2D eigenvalue weighted by atomic mass is 10.2. The number of sulfonamides is 1. The minimum atomic E-state index is -3.81. The lowest BCUT2D eigenvalue weighted by Crippen LogP contribution is -2.28. The van der Waals surface area contributed by atoms with Crippen molar-refractivity contribution in [1.82, 2.24) is 14.9 Å². The second-order valence-corrected chi connectivity index (χ2v) is 8.04. The van der Waals surface area contributed by atoms with Crippen LogP contribution >= 0.6 is 22.9 Å². The molecular formula is C13H15ClN4O4S2. The van der Waals surface area contributed by atoms with E-state index in [1.807, 2.05) is 13.0 Å². The molecule has 0 saturated carbocycles. The summed E-state index contributed by atoms with van der Waals surface area (Å²) in [6.45, 7) is 3.33. The number of hydrogen-bond donors (Lipinski definition) is 2. The molecule has 0 saturated heterocycles. The fourth-order valence-electron chi connectivity index (χ4n) is 1.59. The van der Waals surface area contributed by atoms with Crippen LogP contribution in [0.5, 0.6) is 5.75 Å². The molecule has 0 radical (unpaired) electrons. The zero-order chi connectivity index (χ0) is 17.7. The molecule has 11 heteroatoms. The van der Waals surface area contributed by atoms with E-state index in [4.69, 9.17) is 16.3 Å². The van der Waals surface area contributed by atoms with Crippen LogP contribution in [0.15, 0.2) is 22.5 Å². The number of hydrogen-bond acceptors (Lipinski definition) is 7. The smallest absolute Gasteiger partial charge is 0.269 e. The lowest BCUT2D eigenvalue weighted by molar-refractivity contribution is -0.114. The van der Waals surface area contributed by atoms with Gasteiger partial charge < -0.3 is 10.1 Å². The maximum Gasteiger partial charge on any atom is 0.269 e. The maximum absolute atomic E-state index is 12.0. The van der Waals surface area contributed by atoms with Gasteiger partial charge in [-0.1, -0.05) is 29.0 Å². The summed E-state index contributed by atoms with van der Waals surface area (Å²) in [4.78, 5) is 10.9. The molecule has 2 rings (SSSR count). The van der Waals surface area contributed by atoms with Gasteiger partial charge in [0.15, 0.2) is 0 Å². The van der Waals surface area contributed by atoms with Gasteiger partial charge in [-0.05, 0) is 24.6 Å². The summed E-state index contributed by atoms with van der Waals surface area (Å²) < 4.78 is 31.6. The van der Waals surface area contributed by atoms with Crippen molar-refractivity contribution < 1.29 is 17.9 Å². The summed E-state index contributed by atoms with van der Waals surface area (Å²) in [6.07, 6.45) is 0. The van der Waals surface area contributed by atoms with Gasteiger partial charge in [0.1, 0.15) is 12.4 Å². The summed E-state index contributed by atoms with van der Waals surface area (Å²) in [5.41, 5.74) is 0.927. The number of aryl methyl sites for hydroxylation is 1. The molecule has 0 aliphatic heterocycles. The number of amides is 1. The Morgan fingerprint density at radius 2 is 2.12 bits per heavy atom. The van der Waals surface area contributed by atoms with Crippen LogP contribution in [0, 0.1) is 6.92 Å². The molecule has 2 aromatic rings. The second kappa shape index (κ2) is 7.88. The molecule has 1 aromatic carbocycles. The molecule has 0 aliphatic rings. The Kier molecular flexibility index (Phi) is 6.10. The van der Waals surface area contributed by atoms with Crippen molar-refractivity contribution in [2.75, 3.05) is 18.5 Å². The molecule has 0 bridgehead atoms. The first-order chi connectivity index (χ1) is 11.3. The predicted octanol–water partition coefficient (Wildman–Crippen LogP) is 1.82. The molecule has 2 N–H and O–H groups in total. The number of anilines is 1. The largest absolute Gasteiger partial charge is 0.492 e. The number of nitrogens with one attached hydrogen (secondary N) is 2. The monoisotopic (exact) mass is 390 g/mol. The molecule has 1 aromatic heterocycles. The Morgan fingerprint density at radius 1 is 1.38 bits per heavy atom. The second-order valence-electron chi connectivity index (χ2n) is 4.71. The van der Waals surface area contributed by atoms with E-state index in [0.717, 1.165) is 16.9 Å². The van der Waals surface area contributed by atoms with Crippen molar-refractivity contribution in [2.24, 2.45) is 0 Å². The predicted molar refractivity (Wildman–Crippen MR) is 91.1 cm³/mol. The number of carbonyl (C=O) groups excluding carboxylic acids is 1. The number of carbonyl (C=O) groups is 1. The van der Waals surface area contributed by atoms with Crippen molar-refractivity contribution >= 4 is 44.0 Å². The molecule has 8 nitrogen and oxygen atoms in total. The van der Waals surface area contributed by atoms with Crippen LogP contribution in [0.4, 0.5) is 5.13 Å². The maximum atomic E-state index is 12.0. The molecule has 1 amide bonds. The number of ether oxygens (including phenoxy) is 1. The van der Waals surface area contributed by atoms with Gasteiger partial charge in [0, 0.05) is 18.5 Å². The Labute approximate surface area is 148 Å². The molecule has 1 heterocycles. The Bertz CT molecular complexity index is 838. The van der Waals surface area contributed by atoms with Crippen LogP contribution in [-0.2, 0) is 14.8 Å². The molecule has 130 valence electrons. The highest BCUT2D eigenvalue weighted by Gasteiger charge is 2.20. The fraction of sp³-hybridized carbons (Fsp3) is 0.308. The van der Waals surface area contributed by atoms with Gasteiger partial charge in [0.2, 0.25) is 15.4 Å². The molecule has 0 aliphatic carbocycles. The Hall–Kier alpha value is -1.75. The van der Waals surface area contributed by atoms with Crippen LogP contribution in [0.3, 0.4) is 0 Å². The molecule has 24 heavy (non-hydrogen) atoms. The van der Waals surface area contributed by atoms with Crippen molar-refractivity contribution in [3.05, 3.63) is 28.8 Å². The third-order valence-corrected chi connectivity index (χ3v) is 5.80. The SMILES string of the molecule is CC(=O)Nc1nnc(S(=O)(=O)NCCOc2ccc(C)c(Cl)c2)s1. The number of rotatable bonds is 7. The average Bonchev–Trinajstić information content (AvgIpc) is 2.96. The Balaban J connectivity index is 1.87. The third kappa shape index (κ3) is 5.13. The standard InChI is InChI=1S/C13H15ClN4O4S2/c1-8-3-4-10(7-11(8)14)22-6-5-15-24(20,21)13-18-17-12(23-13)16-9(2)19/h3-4,7,15H,5-6H2,1-2H3,(H,16,17,19). The number of aromatic nitrogens is 2. The van der Waals surface area contributed by atoms with E-state index >= 15 is 0 Å². The van der Waals surface area contributed by atoms with E-state index in [1.54, 1.807) is 12.1 Å². The molecule has 0 spiro atoms. The van der Waals surface area contributed by atoms with Gasteiger partial charge >= 0.3 is 0 Å². The summed E-state index contributed by atoms with van der Waals surface area (Å²) in [5.74, 6) is 0.196. The zero-order valence-electron chi connectivity index (χ0n) is 12.9. The highest BCUT2D eigenvalue weighted by molar-refractivity contribution is 7.91. The van der Waals surface area contributed by atoms with E-state index < -0.39 is 10.0 Å². The van der Waals surface area contributed by atoms with Gasteiger partial charge in [0.25, 0.3) is 10.0 Å². The van der Waals surface area contributed by atoms with Crippen molar-refractivity contribution in [1.29, 1.82) is 0 Å². The van der Waals surface area contributed by atoms with Crippen LogP contribution < -0.4 is 14.8 Å². The first-order valence-corrected chi connectivity index (χ1v) is 9.45. The Morgan fingerprint density at radius 3 is 2.79 bits per heavy atom. The number of halogens is 1. The van der Waals surface area contributed by atoms with Gasteiger partial charge in [-0.3, -0.25) is 4.79 Å². The van der Waals surface area contributed by atoms with E-state index in [9.17, 15) is 13.2 Å². The summed E-state index contributed by atoms with van der Waals surface area (Å²) in [7, 11) is -3.81. The average molecular weight is 391 g/mol. The van der Waals surface area contributed by atoms with Gasteiger partial charge in [-0.25, -0.2) is 13.1 Å². The third-order valence-electron chi connectivity index (χ3n) is 2.73. The van der Waals surface area contributed by atoms with E-state index in [0.29, 0.717) is 10.8 Å². The highest BCUT2D eigenvalue weighted by atomic mass is 35.5. The summed E-state index contributed by atoms with van der Waals surface area (Å²) >= 11 is 6.75.